The Morgan fingerprint density at radius 2 is 1.96 bits per heavy atom. The zero-order chi connectivity index (χ0) is 17.8. The minimum absolute atomic E-state index is 0.237. The molecule has 1 heterocycles. The maximum atomic E-state index is 13.8. The molecular weight excluding hydrogens is 321 g/mol. The third-order valence-corrected chi connectivity index (χ3v) is 4.07. The van der Waals surface area contributed by atoms with E-state index < -0.39 is 23.5 Å². The molecule has 4 N–H and O–H groups in total. The van der Waals surface area contributed by atoms with E-state index >= 15 is 0 Å². The summed E-state index contributed by atoms with van der Waals surface area (Å²) in [6, 6.07) is 12.2. The summed E-state index contributed by atoms with van der Waals surface area (Å²) in [5.41, 5.74) is 7.96. The van der Waals surface area contributed by atoms with Gasteiger partial charge in [0.15, 0.2) is 17.3 Å². The molecule has 0 saturated carbocycles. The van der Waals surface area contributed by atoms with Crippen molar-refractivity contribution in [3.05, 3.63) is 83.7 Å². The van der Waals surface area contributed by atoms with Crippen molar-refractivity contribution >= 4 is 5.78 Å². The van der Waals surface area contributed by atoms with Gasteiger partial charge in [0.1, 0.15) is 0 Å². The first-order valence-corrected chi connectivity index (χ1v) is 7.86. The number of Topliss-reactive ketones (excluding diaryl/α,β-unsaturated/α-hetero) is 1. The van der Waals surface area contributed by atoms with E-state index in [9.17, 15) is 14.3 Å². The van der Waals surface area contributed by atoms with Crippen LogP contribution in [-0.4, -0.2) is 26.9 Å². The SMILES string of the molecule is N[C@@H](Cc1c[nH]cn1)C(=O)C(c1ccccc1)c1ccc(O)c(F)c1. The molecule has 0 spiro atoms. The Morgan fingerprint density at radius 1 is 1.20 bits per heavy atom. The summed E-state index contributed by atoms with van der Waals surface area (Å²) < 4.78 is 13.8. The van der Waals surface area contributed by atoms with Crippen LogP contribution >= 0.6 is 0 Å². The number of halogens is 1. The van der Waals surface area contributed by atoms with E-state index in [0.717, 1.165) is 5.56 Å². The highest BCUT2D eigenvalue weighted by molar-refractivity contribution is 5.93. The minimum atomic E-state index is -0.787. The van der Waals surface area contributed by atoms with E-state index in [1.807, 2.05) is 18.2 Å². The molecule has 0 fully saturated rings. The molecule has 0 aliphatic rings. The Kier molecular flexibility index (Phi) is 4.90. The van der Waals surface area contributed by atoms with Gasteiger partial charge in [-0.2, -0.15) is 0 Å². The Bertz CT molecular complexity index is 850. The first-order valence-electron chi connectivity index (χ1n) is 7.86. The van der Waals surface area contributed by atoms with Gasteiger partial charge in [0, 0.05) is 12.6 Å². The molecule has 1 aromatic heterocycles. The first-order chi connectivity index (χ1) is 12.1. The fourth-order valence-electron chi connectivity index (χ4n) is 2.81. The molecule has 2 aromatic carbocycles. The Balaban J connectivity index is 1.95. The smallest absolute Gasteiger partial charge is 0.165 e. The summed E-state index contributed by atoms with van der Waals surface area (Å²) in [6.45, 7) is 0. The molecule has 5 nitrogen and oxygen atoms in total. The number of rotatable bonds is 6. The lowest BCUT2D eigenvalue weighted by molar-refractivity contribution is -0.120. The van der Waals surface area contributed by atoms with Crippen LogP contribution in [0.2, 0.25) is 0 Å². The largest absolute Gasteiger partial charge is 0.505 e. The van der Waals surface area contributed by atoms with E-state index in [0.29, 0.717) is 11.3 Å². The zero-order valence-electron chi connectivity index (χ0n) is 13.4. The molecule has 0 radical (unpaired) electrons. The number of H-pyrrole nitrogens is 1. The standard InChI is InChI=1S/C19H18FN3O2/c20-15-8-13(6-7-17(15)24)18(12-4-2-1-3-5-12)19(25)16(21)9-14-10-22-11-23-14/h1-8,10-11,16,18,24H,9,21H2,(H,22,23)/t16-,18?/m0/s1. The van der Waals surface area contributed by atoms with Crippen molar-refractivity contribution in [2.75, 3.05) is 0 Å². The molecule has 25 heavy (non-hydrogen) atoms. The van der Waals surface area contributed by atoms with Gasteiger partial charge in [0.2, 0.25) is 0 Å². The van der Waals surface area contributed by atoms with Gasteiger partial charge in [-0.1, -0.05) is 36.4 Å². The van der Waals surface area contributed by atoms with Gasteiger partial charge in [-0.25, -0.2) is 9.37 Å². The van der Waals surface area contributed by atoms with Gasteiger partial charge in [0.05, 0.1) is 24.0 Å². The summed E-state index contributed by atoms with van der Waals surface area (Å²) in [7, 11) is 0. The highest BCUT2D eigenvalue weighted by Crippen LogP contribution is 2.29. The third kappa shape index (κ3) is 3.75. The van der Waals surface area contributed by atoms with Crippen LogP contribution in [0.3, 0.4) is 0 Å². The summed E-state index contributed by atoms with van der Waals surface area (Å²) in [6.07, 6.45) is 3.49. The molecule has 1 unspecified atom stereocenters. The molecule has 0 saturated heterocycles. The van der Waals surface area contributed by atoms with Crippen molar-refractivity contribution in [1.29, 1.82) is 0 Å². The van der Waals surface area contributed by atoms with Gasteiger partial charge < -0.3 is 15.8 Å². The molecule has 0 aliphatic carbocycles. The Labute approximate surface area is 144 Å². The maximum absolute atomic E-state index is 13.8. The number of carbonyl (C=O) groups is 1. The highest BCUT2D eigenvalue weighted by Gasteiger charge is 2.28. The molecule has 0 amide bonds. The number of hydrogen-bond acceptors (Lipinski definition) is 4. The molecule has 3 rings (SSSR count). The van der Waals surface area contributed by atoms with Crippen LogP contribution in [0.4, 0.5) is 4.39 Å². The van der Waals surface area contributed by atoms with Crippen molar-refractivity contribution in [1.82, 2.24) is 9.97 Å². The number of aromatic hydroxyl groups is 1. The minimum Gasteiger partial charge on any atom is -0.505 e. The lowest BCUT2D eigenvalue weighted by atomic mass is 9.84. The number of nitrogens with one attached hydrogen (secondary N) is 1. The average Bonchev–Trinajstić information content (AvgIpc) is 3.12. The summed E-state index contributed by atoms with van der Waals surface area (Å²) in [5.74, 6) is -2.18. The fraction of sp³-hybridized carbons (Fsp3) is 0.158. The van der Waals surface area contributed by atoms with E-state index in [1.165, 1.54) is 24.5 Å². The topological polar surface area (TPSA) is 92.0 Å². The molecule has 0 bridgehead atoms. The maximum Gasteiger partial charge on any atom is 0.165 e. The van der Waals surface area contributed by atoms with Gasteiger partial charge in [-0.3, -0.25) is 4.79 Å². The molecule has 6 heteroatoms. The van der Waals surface area contributed by atoms with E-state index in [4.69, 9.17) is 5.73 Å². The second kappa shape index (κ2) is 7.27. The number of aromatic amines is 1. The summed E-state index contributed by atoms with van der Waals surface area (Å²) in [4.78, 5) is 19.9. The van der Waals surface area contributed by atoms with Crippen LogP contribution in [0, 0.1) is 5.82 Å². The third-order valence-electron chi connectivity index (χ3n) is 4.07. The van der Waals surface area contributed by atoms with Crippen molar-refractivity contribution in [3.8, 4) is 5.75 Å². The number of carbonyl (C=O) groups excluding carboxylic acids is 1. The number of aromatic nitrogens is 2. The Hall–Kier alpha value is -2.99. The fourth-order valence-corrected chi connectivity index (χ4v) is 2.81. The quantitative estimate of drug-likeness (QED) is 0.643. The monoisotopic (exact) mass is 339 g/mol. The number of hydrogen-bond donors (Lipinski definition) is 3. The van der Waals surface area contributed by atoms with Crippen molar-refractivity contribution in [2.45, 2.75) is 18.4 Å². The van der Waals surface area contributed by atoms with Crippen LogP contribution in [0.25, 0.3) is 0 Å². The van der Waals surface area contributed by atoms with Crippen molar-refractivity contribution < 1.29 is 14.3 Å². The lowest BCUT2D eigenvalue weighted by Crippen LogP contribution is -2.37. The summed E-state index contributed by atoms with van der Waals surface area (Å²) in [5, 5.41) is 9.42. The number of nitrogens with zero attached hydrogens (tertiary/aromatic N) is 1. The van der Waals surface area contributed by atoms with E-state index in [-0.39, 0.29) is 12.2 Å². The van der Waals surface area contributed by atoms with Crippen LogP contribution in [0.15, 0.2) is 61.1 Å². The van der Waals surface area contributed by atoms with Crippen LogP contribution in [0.1, 0.15) is 22.7 Å². The number of phenols is 1. The predicted octanol–water partition coefficient (Wildman–Crippen LogP) is 2.53. The van der Waals surface area contributed by atoms with Gasteiger partial charge >= 0.3 is 0 Å². The van der Waals surface area contributed by atoms with E-state index in [1.54, 1.807) is 18.3 Å². The van der Waals surface area contributed by atoms with Gasteiger partial charge in [-0.05, 0) is 23.3 Å². The number of nitrogens with two attached hydrogens (primary N) is 1. The number of ketones is 1. The Morgan fingerprint density at radius 3 is 2.60 bits per heavy atom. The van der Waals surface area contributed by atoms with Crippen LogP contribution in [0.5, 0.6) is 5.75 Å². The van der Waals surface area contributed by atoms with Gasteiger partial charge in [0.25, 0.3) is 0 Å². The first kappa shape index (κ1) is 16.9. The summed E-state index contributed by atoms with van der Waals surface area (Å²) >= 11 is 0. The van der Waals surface area contributed by atoms with Crippen molar-refractivity contribution in [2.24, 2.45) is 5.73 Å². The lowest BCUT2D eigenvalue weighted by Gasteiger charge is -2.21. The van der Waals surface area contributed by atoms with Crippen LogP contribution < -0.4 is 5.73 Å². The molecule has 3 aromatic rings. The molecule has 2 atom stereocenters. The second-order valence-electron chi connectivity index (χ2n) is 5.83. The highest BCUT2D eigenvalue weighted by atomic mass is 19.1. The second-order valence-corrected chi connectivity index (χ2v) is 5.83. The molecular formula is C19H18FN3O2. The molecule has 0 aliphatic heterocycles. The van der Waals surface area contributed by atoms with Crippen molar-refractivity contribution in [3.63, 3.8) is 0 Å². The number of imidazole rings is 1. The number of benzene rings is 2. The zero-order valence-corrected chi connectivity index (χ0v) is 13.4. The normalized spacial score (nSPS) is 13.4. The number of phenolic OH excluding ortho intramolecular Hbond substituents is 1. The predicted molar refractivity (Wildman–Crippen MR) is 91.6 cm³/mol. The van der Waals surface area contributed by atoms with Crippen LogP contribution in [-0.2, 0) is 11.2 Å². The van der Waals surface area contributed by atoms with E-state index in [2.05, 4.69) is 9.97 Å². The molecule has 128 valence electrons. The average molecular weight is 339 g/mol. The van der Waals surface area contributed by atoms with Gasteiger partial charge in [-0.15, -0.1) is 0 Å².